The summed E-state index contributed by atoms with van der Waals surface area (Å²) >= 11 is 3.55. The molecule has 0 aromatic rings. The van der Waals surface area contributed by atoms with Crippen LogP contribution in [0.3, 0.4) is 0 Å². The highest BCUT2D eigenvalue weighted by Gasteiger charge is 1.99. The SMILES string of the molecule is CCCCCCC/C=C(/CCCCCBr)CCCCCCCC. The molecule has 0 heterocycles. The molecule has 0 aliphatic rings. The molecule has 0 bridgehead atoms. The van der Waals surface area contributed by atoms with Gasteiger partial charge in [0.1, 0.15) is 0 Å². The van der Waals surface area contributed by atoms with Gasteiger partial charge in [-0.1, -0.05) is 106 Å². The molecule has 1 heteroatoms. The monoisotopic (exact) mass is 386 g/mol. The van der Waals surface area contributed by atoms with E-state index in [-0.39, 0.29) is 0 Å². The Kier molecular flexibility index (Phi) is 20.5. The number of hydrogen-bond acceptors (Lipinski definition) is 0. The predicted molar refractivity (Wildman–Crippen MR) is 112 cm³/mol. The maximum absolute atomic E-state index is 3.55. The minimum atomic E-state index is 1.17. The third kappa shape index (κ3) is 18.4. The van der Waals surface area contributed by atoms with Crippen molar-refractivity contribution in [2.75, 3.05) is 5.33 Å². The highest BCUT2D eigenvalue weighted by molar-refractivity contribution is 9.09. The zero-order valence-corrected chi connectivity index (χ0v) is 17.8. The minimum Gasteiger partial charge on any atom is -0.0928 e. The van der Waals surface area contributed by atoms with E-state index in [1.165, 1.54) is 114 Å². The van der Waals surface area contributed by atoms with Crippen molar-refractivity contribution in [3.8, 4) is 0 Å². The van der Waals surface area contributed by atoms with Gasteiger partial charge in [0.2, 0.25) is 0 Å². The molecule has 23 heavy (non-hydrogen) atoms. The molecule has 0 amide bonds. The standard InChI is InChI=1S/C22H43Br/c1-3-5-7-9-11-14-18-22(20-16-13-17-21-23)19-15-12-10-8-6-4-2/h18H,3-17,19-21H2,1-2H3/b22-18+. The lowest BCUT2D eigenvalue weighted by molar-refractivity contribution is 0.594. The molecule has 0 N–H and O–H groups in total. The maximum atomic E-state index is 3.55. The van der Waals surface area contributed by atoms with E-state index in [1.807, 2.05) is 0 Å². The second-order valence-electron chi connectivity index (χ2n) is 7.08. The fourth-order valence-corrected chi connectivity index (χ4v) is 3.54. The first-order valence-electron chi connectivity index (χ1n) is 10.6. The van der Waals surface area contributed by atoms with Crippen LogP contribution in [-0.2, 0) is 0 Å². The van der Waals surface area contributed by atoms with Crippen molar-refractivity contribution in [2.24, 2.45) is 0 Å². The van der Waals surface area contributed by atoms with Gasteiger partial charge in [-0.15, -0.1) is 0 Å². The molecular formula is C22H43Br. The van der Waals surface area contributed by atoms with Crippen molar-refractivity contribution in [1.29, 1.82) is 0 Å². The van der Waals surface area contributed by atoms with Gasteiger partial charge in [-0.25, -0.2) is 0 Å². The molecule has 0 nitrogen and oxygen atoms in total. The van der Waals surface area contributed by atoms with Crippen molar-refractivity contribution < 1.29 is 0 Å². The first-order valence-corrected chi connectivity index (χ1v) is 11.7. The third-order valence-corrected chi connectivity index (χ3v) is 5.28. The Bertz CT molecular complexity index is 244. The zero-order chi connectivity index (χ0) is 17.0. The number of alkyl halides is 1. The lowest BCUT2D eigenvalue weighted by atomic mass is 9.98. The Balaban J connectivity index is 3.86. The van der Waals surface area contributed by atoms with Crippen molar-refractivity contribution in [3.05, 3.63) is 11.6 Å². The van der Waals surface area contributed by atoms with E-state index in [4.69, 9.17) is 0 Å². The van der Waals surface area contributed by atoms with E-state index in [0.29, 0.717) is 0 Å². The highest BCUT2D eigenvalue weighted by Crippen LogP contribution is 2.19. The molecule has 0 aromatic carbocycles. The molecule has 0 aliphatic carbocycles. The van der Waals surface area contributed by atoms with Crippen LogP contribution in [0.2, 0.25) is 0 Å². The van der Waals surface area contributed by atoms with Gasteiger partial charge in [0.15, 0.2) is 0 Å². The van der Waals surface area contributed by atoms with Gasteiger partial charge in [-0.05, 0) is 44.9 Å². The van der Waals surface area contributed by atoms with Crippen LogP contribution < -0.4 is 0 Å². The fraction of sp³-hybridized carbons (Fsp3) is 0.909. The van der Waals surface area contributed by atoms with E-state index >= 15 is 0 Å². The molecule has 0 aliphatic heterocycles. The van der Waals surface area contributed by atoms with E-state index in [0.717, 1.165) is 0 Å². The van der Waals surface area contributed by atoms with Crippen LogP contribution in [0.15, 0.2) is 11.6 Å². The molecule has 0 rings (SSSR count). The molecule has 138 valence electrons. The molecule has 0 saturated heterocycles. The minimum absolute atomic E-state index is 1.17. The average molecular weight is 387 g/mol. The summed E-state index contributed by atoms with van der Waals surface area (Å²) in [7, 11) is 0. The molecule has 0 atom stereocenters. The van der Waals surface area contributed by atoms with Crippen LogP contribution in [0.1, 0.15) is 123 Å². The molecular weight excluding hydrogens is 344 g/mol. The Morgan fingerprint density at radius 2 is 1.09 bits per heavy atom. The van der Waals surface area contributed by atoms with Crippen molar-refractivity contribution in [3.63, 3.8) is 0 Å². The number of allylic oxidation sites excluding steroid dienone is 2. The van der Waals surface area contributed by atoms with Gasteiger partial charge in [0, 0.05) is 5.33 Å². The summed E-state index contributed by atoms with van der Waals surface area (Å²) in [6, 6.07) is 0. The lowest BCUT2D eigenvalue weighted by Gasteiger charge is -2.08. The maximum Gasteiger partial charge on any atom is 0.00313 e. The topological polar surface area (TPSA) is 0 Å². The van der Waals surface area contributed by atoms with Crippen LogP contribution in [0.25, 0.3) is 0 Å². The summed E-state index contributed by atoms with van der Waals surface area (Å²) in [5.41, 5.74) is 1.77. The van der Waals surface area contributed by atoms with E-state index < -0.39 is 0 Å². The molecule has 0 aromatic heterocycles. The summed E-state index contributed by atoms with van der Waals surface area (Å²) < 4.78 is 0. The number of rotatable bonds is 18. The van der Waals surface area contributed by atoms with E-state index in [1.54, 1.807) is 5.57 Å². The molecule has 0 radical (unpaired) electrons. The Morgan fingerprint density at radius 3 is 1.65 bits per heavy atom. The normalized spacial score (nSPS) is 12.0. The number of hydrogen-bond donors (Lipinski definition) is 0. The number of halogens is 1. The van der Waals surface area contributed by atoms with E-state index in [2.05, 4.69) is 35.9 Å². The third-order valence-electron chi connectivity index (χ3n) is 4.72. The molecule has 0 unspecified atom stereocenters. The average Bonchev–Trinajstić information content (AvgIpc) is 2.57. The quantitative estimate of drug-likeness (QED) is 0.125. The van der Waals surface area contributed by atoms with Crippen LogP contribution in [-0.4, -0.2) is 5.33 Å². The number of unbranched alkanes of at least 4 members (excludes halogenated alkanes) is 12. The fourth-order valence-electron chi connectivity index (χ4n) is 3.14. The first kappa shape index (κ1) is 23.2. The zero-order valence-electron chi connectivity index (χ0n) is 16.2. The molecule has 0 fully saturated rings. The van der Waals surface area contributed by atoms with E-state index in [9.17, 15) is 0 Å². The largest absolute Gasteiger partial charge is 0.0928 e. The van der Waals surface area contributed by atoms with Gasteiger partial charge in [0.05, 0.1) is 0 Å². The first-order chi connectivity index (χ1) is 11.3. The van der Waals surface area contributed by atoms with Gasteiger partial charge in [0.25, 0.3) is 0 Å². The highest BCUT2D eigenvalue weighted by atomic mass is 79.9. The Labute approximate surface area is 156 Å². The van der Waals surface area contributed by atoms with Crippen LogP contribution in [0.4, 0.5) is 0 Å². The summed E-state index contributed by atoms with van der Waals surface area (Å²) in [6.07, 6.45) is 26.3. The summed E-state index contributed by atoms with van der Waals surface area (Å²) in [5, 5.41) is 1.17. The smallest absolute Gasteiger partial charge is 0.00313 e. The second kappa shape index (κ2) is 20.3. The van der Waals surface area contributed by atoms with Gasteiger partial charge < -0.3 is 0 Å². The Morgan fingerprint density at radius 1 is 0.609 bits per heavy atom. The lowest BCUT2D eigenvalue weighted by Crippen LogP contribution is -1.89. The summed E-state index contributed by atoms with van der Waals surface area (Å²) in [6.45, 7) is 4.60. The van der Waals surface area contributed by atoms with Gasteiger partial charge in [-0.3, -0.25) is 0 Å². The van der Waals surface area contributed by atoms with Crippen molar-refractivity contribution in [2.45, 2.75) is 123 Å². The predicted octanol–water partition coefficient (Wildman–Crippen LogP) is 8.98. The summed E-state index contributed by atoms with van der Waals surface area (Å²) in [4.78, 5) is 0. The molecule has 0 spiro atoms. The van der Waals surface area contributed by atoms with Crippen LogP contribution >= 0.6 is 15.9 Å². The molecule has 0 saturated carbocycles. The van der Waals surface area contributed by atoms with Gasteiger partial charge in [-0.2, -0.15) is 0 Å². The second-order valence-corrected chi connectivity index (χ2v) is 7.88. The van der Waals surface area contributed by atoms with Crippen LogP contribution in [0, 0.1) is 0 Å². The summed E-state index contributed by atoms with van der Waals surface area (Å²) in [5.74, 6) is 0. The van der Waals surface area contributed by atoms with Crippen molar-refractivity contribution >= 4 is 15.9 Å². The van der Waals surface area contributed by atoms with Crippen LogP contribution in [0.5, 0.6) is 0 Å². The van der Waals surface area contributed by atoms with Gasteiger partial charge >= 0.3 is 0 Å². The van der Waals surface area contributed by atoms with Crippen molar-refractivity contribution in [1.82, 2.24) is 0 Å². The Hall–Kier alpha value is 0.220.